The lowest BCUT2D eigenvalue weighted by molar-refractivity contribution is -0.142. The van der Waals surface area contributed by atoms with Crippen LogP contribution < -0.4 is 5.32 Å². The Hall–Kier alpha value is -1.60. The number of alkyl carbamates (subject to hydrolysis) is 1. The van der Waals surface area contributed by atoms with Gasteiger partial charge in [0.15, 0.2) is 0 Å². The quantitative estimate of drug-likeness (QED) is 0.698. The third kappa shape index (κ3) is 5.76. The Kier molecular flexibility index (Phi) is 7.45. The highest BCUT2D eigenvalue weighted by Gasteiger charge is 2.44. The van der Waals surface area contributed by atoms with Gasteiger partial charge in [-0.3, -0.25) is 4.79 Å². The molecule has 2 aliphatic heterocycles. The molecule has 0 saturated carbocycles. The smallest absolute Gasteiger partial charge is 0.407 e. The van der Waals surface area contributed by atoms with Crippen LogP contribution in [0.3, 0.4) is 0 Å². The van der Waals surface area contributed by atoms with Gasteiger partial charge in [0.1, 0.15) is 5.60 Å². The zero-order valence-corrected chi connectivity index (χ0v) is 19.8. The van der Waals surface area contributed by atoms with Crippen LogP contribution in [0.5, 0.6) is 0 Å². The van der Waals surface area contributed by atoms with E-state index in [4.69, 9.17) is 9.47 Å². The summed E-state index contributed by atoms with van der Waals surface area (Å²) in [6.45, 7) is 8.81. The van der Waals surface area contributed by atoms with Crippen molar-refractivity contribution in [2.45, 2.75) is 57.5 Å². The Balaban J connectivity index is 1.59. The lowest BCUT2D eigenvalue weighted by Crippen LogP contribution is -2.52. The van der Waals surface area contributed by atoms with Crippen LogP contribution in [-0.4, -0.2) is 55.3 Å². The minimum Gasteiger partial charge on any atom is -0.444 e. The van der Waals surface area contributed by atoms with Gasteiger partial charge in [-0.25, -0.2) is 4.79 Å². The van der Waals surface area contributed by atoms with Gasteiger partial charge in [0.05, 0.1) is 5.41 Å². The molecule has 30 heavy (non-hydrogen) atoms. The highest BCUT2D eigenvalue weighted by molar-refractivity contribution is 9.10. The van der Waals surface area contributed by atoms with Crippen LogP contribution in [-0.2, 0) is 19.7 Å². The normalized spacial score (nSPS) is 19.9. The molecule has 3 rings (SSSR count). The molecule has 2 aliphatic rings. The SMILES string of the molecule is CC(C)(C)OC(=O)NCC1CCN(C(=O)C2(c3ccc(Br)cc3)CCOCC2)CC1. The molecule has 0 aliphatic carbocycles. The summed E-state index contributed by atoms with van der Waals surface area (Å²) < 4.78 is 11.9. The number of likely N-dealkylation sites (tertiary alicyclic amines) is 1. The monoisotopic (exact) mass is 480 g/mol. The molecule has 6 nitrogen and oxygen atoms in total. The molecular formula is C23H33BrN2O4. The Morgan fingerprint density at radius 3 is 2.33 bits per heavy atom. The van der Waals surface area contributed by atoms with E-state index in [-0.39, 0.29) is 12.0 Å². The molecular weight excluding hydrogens is 448 g/mol. The summed E-state index contributed by atoms with van der Waals surface area (Å²) in [6, 6.07) is 8.14. The summed E-state index contributed by atoms with van der Waals surface area (Å²) in [4.78, 5) is 27.6. The second-order valence-electron chi connectivity index (χ2n) is 9.32. The van der Waals surface area contributed by atoms with Crippen LogP contribution in [0.2, 0.25) is 0 Å². The number of carbonyl (C=O) groups excluding carboxylic acids is 2. The molecule has 2 fully saturated rings. The minimum atomic E-state index is -0.499. The van der Waals surface area contributed by atoms with E-state index in [0.717, 1.165) is 36.0 Å². The van der Waals surface area contributed by atoms with Crippen molar-refractivity contribution in [1.29, 1.82) is 0 Å². The molecule has 2 heterocycles. The summed E-state index contributed by atoms with van der Waals surface area (Å²) in [6.07, 6.45) is 2.82. The maximum absolute atomic E-state index is 13.7. The van der Waals surface area contributed by atoms with Gasteiger partial charge in [-0.1, -0.05) is 28.1 Å². The van der Waals surface area contributed by atoms with E-state index in [1.807, 2.05) is 37.8 Å². The van der Waals surface area contributed by atoms with Crippen LogP contribution in [0.15, 0.2) is 28.7 Å². The van der Waals surface area contributed by atoms with Gasteiger partial charge in [0.2, 0.25) is 5.91 Å². The standard InChI is InChI=1S/C23H33BrN2O4/c1-22(2,3)30-21(28)25-16-17-8-12-26(13-9-17)20(27)23(10-14-29-15-11-23)18-4-6-19(24)7-5-18/h4-7,17H,8-16H2,1-3H3,(H,25,28). The van der Waals surface area contributed by atoms with Crippen molar-refractivity contribution in [1.82, 2.24) is 10.2 Å². The number of amides is 2. The fourth-order valence-electron chi connectivity index (χ4n) is 4.30. The molecule has 1 aromatic carbocycles. The van der Waals surface area contributed by atoms with Gasteiger partial charge in [-0.15, -0.1) is 0 Å². The molecule has 2 amide bonds. The molecule has 0 atom stereocenters. The van der Waals surface area contributed by atoms with Crippen molar-refractivity contribution in [2.24, 2.45) is 5.92 Å². The maximum Gasteiger partial charge on any atom is 0.407 e. The number of piperidine rings is 1. The fraction of sp³-hybridized carbons (Fsp3) is 0.652. The molecule has 0 unspecified atom stereocenters. The topological polar surface area (TPSA) is 67.9 Å². The summed E-state index contributed by atoms with van der Waals surface area (Å²) in [7, 11) is 0. The Morgan fingerprint density at radius 2 is 1.77 bits per heavy atom. The molecule has 0 spiro atoms. The second-order valence-corrected chi connectivity index (χ2v) is 10.2. The average Bonchev–Trinajstić information content (AvgIpc) is 2.72. The summed E-state index contributed by atoms with van der Waals surface area (Å²) in [5.74, 6) is 0.576. The molecule has 0 radical (unpaired) electrons. The van der Waals surface area contributed by atoms with Crippen molar-refractivity contribution >= 4 is 27.9 Å². The molecule has 0 aromatic heterocycles. The van der Waals surface area contributed by atoms with Crippen LogP contribution in [0.1, 0.15) is 52.0 Å². The number of benzene rings is 1. The fourth-order valence-corrected chi connectivity index (χ4v) is 4.56. The number of hydrogen-bond acceptors (Lipinski definition) is 4. The highest BCUT2D eigenvalue weighted by atomic mass is 79.9. The van der Waals surface area contributed by atoms with Gasteiger partial charge in [-0.2, -0.15) is 0 Å². The van der Waals surface area contributed by atoms with Crippen LogP contribution in [0, 0.1) is 5.92 Å². The van der Waals surface area contributed by atoms with Crippen molar-refractivity contribution < 1.29 is 19.1 Å². The zero-order valence-electron chi connectivity index (χ0n) is 18.2. The predicted molar refractivity (Wildman–Crippen MR) is 119 cm³/mol. The first-order chi connectivity index (χ1) is 14.2. The zero-order chi connectivity index (χ0) is 21.8. The third-order valence-electron chi connectivity index (χ3n) is 5.99. The number of hydrogen-bond donors (Lipinski definition) is 1. The second kappa shape index (κ2) is 9.69. The first-order valence-corrected chi connectivity index (χ1v) is 11.6. The van der Waals surface area contributed by atoms with Crippen molar-refractivity contribution in [3.8, 4) is 0 Å². The predicted octanol–water partition coefficient (Wildman–Crippen LogP) is 4.26. The van der Waals surface area contributed by atoms with E-state index < -0.39 is 11.0 Å². The Morgan fingerprint density at radius 1 is 1.17 bits per heavy atom. The molecule has 2 saturated heterocycles. The van der Waals surface area contributed by atoms with E-state index in [2.05, 4.69) is 33.4 Å². The molecule has 1 N–H and O–H groups in total. The first kappa shape index (κ1) is 23.1. The van der Waals surface area contributed by atoms with Crippen molar-refractivity contribution in [2.75, 3.05) is 32.8 Å². The van der Waals surface area contributed by atoms with E-state index in [0.29, 0.717) is 38.5 Å². The maximum atomic E-state index is 13.7. The van der Waals surface area contributed by atoms with Gasteiger partial charge in [-0.05, 0) is 70.1 Å². The van der Waals surface area contributed by atoms with Crippen LogP contribution in [0.4, 0.5) is 4.79 Å². The minimum absolute atomic E-state index is 0.215. The Labute approximate surface area is 187 Å². The molecule has 0 bridgehead atoms. The third-order valence-corrected chi connectivity index (χ3v) is 6.52. The average molecular weight is 481 g/mol. The number of nitrogens with zero attached hydrogens (tertiary/aromatic N) is 1. The van der Waals surface area contributed by atoms with Gasteiger partial charge >= 0.3 is 6.09 Å². The van der Waals surface area contributed by atoms with Crippen molar-refractivity contribution in [3.05, 3.63) is 34.3 Å². The van der Waals surface area contributed by atoms with E-state index in [1.165, 1.54) is 0 Å². The lowest BCUT2D eigenvalue weighted by atomic mass is 9.72. The lowest BCUT2D eigenvalue weighted by Gasteiger charge is -2.42. The number of nitrogens with one attached hydrogen (secondary N) is 1. The molecule has 166 valence electrons. The van der Waals surface area contributed by atoms with E-state index in [1.54, 1.807) is 0 Å². The number of halogens is 1. The molecule has 7 heteroatoms. The number of rotatable bonds is 4. The Bertz CT molecular complexity index is 731. The summed E-state index contributed by atoms with van der Waals surface area (Å²) in [5, 5.41) is 2.87. The summed E-state index contributed by atoms with van der Waals surface area (Å²) in [5.41, 5.74) is 0.0820. The van der Waals surface area contributed by atoms with Gasteiger partial charge in [0, 0.05) is 37.3 Å². The van der Waals surface area contributed by atoms with E-state index >= 15 is 0 Å². The van der Waals surface area contributed by atoms with Crippen LogP contribution in [0.25, 0.3) is 0 Å². The number of carbonyl (C=O) groups is 2. The molecule has 1 aromatic rings. The van der Waals surface area contributed by atoms with Gasteiger partial charge < -0.3 is 19.7 Å². The summed E-state index contributed by atoms with van der Waals surface area (Å²) >= 11 is 3.49. The number of ether oxygens (including phenoxy) is 2. The van der Waals surface area contributed by atoms with Gasteiger partial charge in [0.25, 0.3) is 0 Å². The highest BCUT2D eigenvalue weighted by Crippen LogP contribution is 2.38. The van der Waals surface area contributed by atoms with Crippen LogP contribution >= 0.6 is 15.9 Å². The first-order valence-electron chi connectivity index (χ1n) is 10.8. The van der Waals surface area contributed by atoms with E-state index in [9.17, 15) is 9.59 Å². The van der Waals surface area contributed by atoms with Crippen molar-refractivity contribution in [3.63, 3.8) is 0 Å². The largest absolute Gasteiger partial charge is 0.444 e.